The summed E-state index contributed by atoms with van der Waals surface area (Å²) in [5.41, 5.74) is 0.819. The minimum Gasteiger partial charge on any atom is -0.434 e. The number of alkyl halides is 2. The highest BCUT2D eigenvalue weighted by atomic mass is 32.1. The van der Waals surface area contributed by atoms with Crippen LogP contribution in [-0.2, 0) is 4.79 Å². The van der Waals surface area contributed by atoms with Crippen molar-refractivity contribution in [3.05, 3.63) is 29.6 Å². The van der Waals surface area contributed by atoms with E-state index in [1.54, 1.807) is 23.6 Å². The van der Waals surface area contributed by atoms with Crippen molar-refractivity contribution >= 4 is 22.4 Å². The van der Waals surface area contributed by atoms with Gasteiger partial charge in [-0.15, -0.1) is 11.3 Å². The zero-order valence-corrected chi connectivity index (χ0v) is 13.9. The minimum absolute atomic E-state index is 0.0559. The fourth-order valence-electron chi connectivity index (χ4n) is 1.98. The third-order valence-electron chi connectivity index (χ3n) is 2.82. The molecule has 0 fully saturated rings. The van der Waals surface area contributed by atoms with E-state index in [0.29, 0.717) is 22.8 Å². The van der Waals surface area contributed by atoms with E-state index >= 15 is 0 Å². The normalized spacial score (nSPS) is 11.6. The number of para-hydroxylation sites is 1. The Morgan fingerprint density at radius 3 is 2.70 bits per heavy atom. The average Bonchev–Trinajstić information content (AvgIpc) is 2.84. The van der Waals surface area contributed by atoms with E-state index in [2.05, 4.69) is 15.0 Å². The number of nitrogens with zero attached hydrogens (tertiary/aromatic N) is 1. The minimum atomic E-state index is -2.90. The smallest absolute Gasteiger partial charge is 0.387 e. The number of benzene rings is 1. The number of ether oxygens (including phenoxy) is 1. The number of hydrogen-bond acceptors (Lipinski definition) is 4. The van der Waals surface area contributed by atoms with Gasteiger partial charge in [0.2, 0.25) is 5.91 Å². The number of hydrogen-bond donors (Lipinski definition) is 1. The van der Waals surface area contributed by atoms with Gasteiger partial charge in [0.15, 0.2) is 5.13 Å². The number of rotatable bonds is 5. The first kappa shape index (κ1) is 17.3. The zero-order valence-electron chi connectivity index (χ0n) is 13.1. The molecular formula is C16H18F2N2O2S. The molecule has 23 heavy (non-hydrogen) atoms. The molecule has 1 amide bonds. The Hall–Kier alpha value is -2.02. The van der Waals surface area contributed by atoms with Crippen LogP contribution in [-0.4, -0.2) is 17.5 Å². The lowest BCUT2D eigenvalue weighted by molar-refractivity contribution is -0.117. The lowest BCUT2D eigenvalue weighted by Gasteiger charge is -2.16. The average molecular weight is 340 g/mol. The van der Waals surface area contributed by atoms with Gasteiger partial charge in [0.25, 0.3) is 0 Å². The first-order valence-electron chi connectivity index (χ1n) is 7.04. The Kier molecular flexibility index (Phi) is 5.30. The van der Waals surface area contributed by atoms with Crippen molar-refractivity contribution < 1.29 is 18.3 Å². The van der Waals surface area contributed by atoms with Gasteiger partial charge in [0.05, 0.1) is 5.69 Å². The van der Waals surface area contributed by atoms with Crippen LogP contribution in [0.25, 0.3) is 11.3 Å². The molecular weight excluding hydrogens is 322 g/mol. The number of thiazole rings is 1. The van der Waals surface area contributed by atoms with Crippen molar-refractivity contribution in [1.29, 1.82) is 0 Å². The fourth-order valence-corrected chi connectivity index (χ4v) is 2.70. The van der Waals surface area contributed by atoms with Crippen LogP contribution in [0, 0.1) is 5.41 Å². The second-order valence-electron chi connectivity index (χ2n) is 6.20. The predicted octanol–water partition coefficient (Wildman–Crippen LogP) is 4.79. The number of nitrogens with one attached hydrogen (secondary N) is 1. The standard InChI is InChI=1S/C16H18F2N2O2S/c1-16(2,3)8-13(21)20-15-19-11(9-23-15)10-6-4-5-7-12(10)22-14(17)18/h4-7,9,14H,8H2,1-3H3,(H,19,20,21). The van der Waals surface area contributed by atoms with Gasteiger partial charge in [0, 0.05) is 17.4 Å². The van der Waals surface area contributed by atoms with E-state index in [0.717, 1.165) is 0 Å². The molecule has 1 aromatic carbocycles. The van der Waals surface area contributed by atoms with E-state index in [4.69, 9.17) is 0 Å². The second-order valence-corrected chi connectivity index (χ2v) is 7.06. The molecule has 0 unspecified atom stereocenters. The molecule has 0 aliphatic heterocycles. The van der Waals surface area contributed by atoms with Crippen molar-refractivity contribution in [3.63, 3.8) is 0 Å². The predicted molar refractivity (Wildman–Crippen MR) is 86.9 cm³/mol. The van der Waals surface area contributed by atoms with Crippen LogP contribution in [0.2, 0.25) is 0 Å². The maximum absolute atomic E-state index is 12.5. The van der Waals surface area contributed by atoms with Gasteiger partial charge >= 0.3 is 6.61 Å². The number of anilines is 1. The zero-order chi connectivity index (χ0) is 17.0. The Bertz CT molecular complexity index is 681. The summed E-state index contributed by atoms with van der Waals surface area (Å²) in [6, 6.07) is 6.43. The second kappa shape index (κ2) is 7.04. The molecule has 7 heteroatoms. The molecule has 0 aliphatic rings. The highest BCUT2D eigenvalue weighted by Gasteiger charge is 2.18. The third kappa shape index (κ3) is 5.28. The number of halogens is 2. The highest BCUT2D eigenvalue weighted by Crippen LogP contribution is 2.33. The van der Waals surface area contributed by atoms with Gasteiger partial charge < -0.3 is 10.1 Å². The highest BCUT2D eigenvalue weighted by molar-refractivity contribution is 7.14. The van der Waals surface area contributed by atoms with Crippen molar-refractivity contribution in [3.8, 4) is 17.0 Å². The molecule has 0 saturated carbocycles. The molecule has 0 spiro atoms. The molecule has 2 aromatic rings. The third-order valence-corrected chi connectivity index (χ3v) is 3.58. The van der Waals surface area contributed by atoms with Crippen LogP contribution in [0.4, 0.5) is 13.9 Å². The monoisotopic (exact) mass is 340 g/mol. The summed E-state index contributed by atoms with van der Waals surface area (Å²) < 4.78 is 29.4. The molecule has 124 valence electrons. The van der Waals surface area contributed by atoms with Crippen LogP contribution in [0.1, 0.15) is 27.2 Å². The molecule has 1 heterocycles. The van der Waals surface area contributed by atoms with Crippen molar-refractivity contribution in [2.45, 2.75) is 33.8 Å². The van der Waals surface area contributed by atoms with E-state index < -0.39 is 6.61 Å². The Morgan fingerprint density at radius 1 is 1.35 bits per heavy atom. The van der Waals surface area contributed by atoms with E-state index in [9.17, 15) is 13.6 Å². The van der Waals surface area contributed by atoms with E-state index in [1.165, 1.54) is 17.4 Å². The van der Waals surface area contributed by atoms with Crippen LogP contribution < -0.4 is 10.1 Å². The maximum Gasteiger partial charge on any atom is 0.387 e. The number of aromatic nitrogens is 1. The van der Waals surface area contributed by atoms with Crippen LogP contribution in [0.15, 0.2) is 29.6 Å². The molecule has 0 aliphatic carbocycles. The summed E-state index contributed by atoms with van der Waals surface area (Å²) in [5.74, 6) is -0.0733. The maximum atomic E-state index is 12.5. The Balaban J connectivity index is 2.15. The fraction of sp³-hybridized carbons (Fsp3) is 0.375. The number of carbonyl (C=O) groups is 1. The summed E-state index contributed by atoms with van der Waals surface area (Å²) in [6.45, 7) is 3.01. The van der Waals surface area contributed by atoms with Crippen LogP contribution in [0.5, 0.6) is 5.75 Å². The lowest BCUT2D eigenvalue weighted by Crippen LogP contribution is -2.19. The molecule has 1 aromatic heterocycles. The number of carbonyl (C=O) groups excluding carboxylic acids is 1. The Labute approximate surface area is 137 Å². The molecule has 2 rings (SSSR count). The Morgan fingerprint density at radius 2 is 2.04 bits per heavy atom. The summed E-state index contributed by atoms with van der Waals surface area (Å²) in [5, 5.41) is 4.85. The first-order chi connectivity index (χ1) is 10.7. The van der Waals surface area contributed by atoms with Crippen molar-refractivity contribution in [2.75, 3.05) is 5.32 Å². The summed E-state index contributed by atoms with van der Waals surface area (Å²) in [7, 11) is 0. The largest absolute Gasteiger partial charge is 0.434 e. The van der Waals surface area contributed by atoms with E-state index in [-0.39, 0.29) is 17.1 Å². The topological polar surface area (TPSA) is 51.2 Å². The quantitative estimate of drug-likeness (QED) is 0.852. The van der Waals surface area contributed by atoms with Gasteiger partial charge in [-0.1, -0.05) is 32.9 Å². The number of amides is 1. The molecule has 4 nitrogen and oxygen atoms in total. The van der Waals surface area contributed by atoms with Crippen molar-refractivity contribution in [2.24, 2.45) is 5.41 Å². The summed E-state index contributed by atoms with van der Waals surface area (Å²) in [4.78, 5) is 16.2. The van der Waals surface area contributed by atoms with Gasteiger partial charge in [-0.3, -0.25) is 4.79 Å². The van der Waals surface area contributed by atoms with Crippen LogP contribution in [0.3, 0.4) is 0 Å². The van der Waals surface area contributed by atoms with Crippen LogP contribution >= 0.6 is 11.3 Å². The summed E-state index contributed by atoms with van der Waals surface area (Å²) >= 11 is 1.24. The van der Waals surface area contributed by atoms with Crippen molar-refractivity contribution in [1.82, 2.24) is 4.98 Å². The van der Waals surface area contributed by atoms with E-state index in [1.807, 2.05) is 20.8 Å². The van der Waals surface area contributed by atoms with Gasteiger partial charge in [-0.2, -0.15) is 8.78 Å². The summed E-state index contributed by atoms with van der Waals surface area (Å²) in [6.07, 6.45) is 0.368. The molecule has 0 bridgehead atoms. The van der Waals surface area contributed by atoms with Gasteiger partial charge in [-0.05, 0) is 17.5 Å². The molecule has 0 saturated heterocycles. The molecule has 1 N–H and O–H groups in total. The first-order valence-corrected chi connectivity index (χ1v) is 7.92. The lowest BCUT2D eigenvalue weighted by atomic mass is 9.92. The molecule has 0 radical (unpaired) electrons. The van der Waals surface area contributed by atoms with Gasteiger partial charge in [0.1, 0.15) is 5.75 Å². The van der Waals surface area contributed by atoms with Gasteiger partial charge in [-0.25, -0.2) is 4.98 Å². The SMILES string of the molecule is CC(C)(C)CC(=O)Nc1nc(-c2ccccc2OC(F)F)cs1. The molecule has 0 atom stereocenters.